The van der Waals surface area contributed by atoms with Crippen molar-refractivity contribution >= 4 is 0 Å². The summed E-state index contributed by atoms with van der Waals surface area (Å²) in [6, 6.07) is 10.8. The number of hydrogen-bond acceptors (Lipinski definition) is 3. The molecule has 0 bridgehead atoms. The molecule has 0 saturated carbocycles. The highest BCUT2D eigenvalue weighted by Crippen LogP contribution is 2.35. The van der Waals surface area contributed by atoms with Crippen LogP contribution >= 0.6 is 0 Å². The monoisotopic (exact) mass is 273 g/mol. The van der Waals surface area contributed by atoms with Gasteiger partial charge in [0.15, 0.2) is 0 Å². The van der Waals surface area contributed by atoms with Gasteiger partial charge < -0.3 is 10.2 Å². The maximum atomic E-state index is 3.72. The zero-order valence-electron chi connectivity index (χ0n) is 13.0. The summed E-state index contributed by atoms with van der Waals surface area (Å²) in [4.78, 5) is 5.18. The Morgan fingerprint density at radius 1 is 1.25 bits per heavy atom. The highest BCUT2D eigenvalue weighted by Gasteiger charge is 2.37. The second-order valence-corrected chi connectivity index (χ2v) is 6.33. The van der Waals surface area contributed by atoms with Crippen LogP contribution < -0.4 is 5.32 Å². The average Bonchev–Trinajstić information content (AvgIpc) is 2.82. The van der Waals surface area contributed by atoms with Crippen molar-refractivity contribution in [2.24, 2.45) is 0 Å². The van der Waals surface area contributed by atoms with Crippen LogP contribution in [0.25, 0.3) is 0 Å². The summed E-state index contributed by atoms with van der Waals surface area (Å²) in [7, 11) is 2.24. The Hall–Kier alpha value is -0.900. The molecule has 1 aliphatic heterocycles. The second-order valence-electron chi connectivity index (χ2n) is 6.33. The predicted molar refractivity (Wildman–Crippen MR) is 84.0 cm³/mol. The van der Waals surface area contributed by atoms with Crippen molar-refractivity contribution < 1.29 is 0 Å². The quantitative estimate of drug-likeness (QED) is 0.907. The molecule has 1 saturated heterocycles. The standard InChI is InChI=1S/C17H27N3/c1-4-18-17-15-8-6-5-7-14(15)11-16(17)20-10-9-19(3)13(2)12-20/h5-8,13,16-18H,4,9-12H2,1-3H3. The van der Waals surface area contributed by atoms with Gasteiger partial charge >= 0.3 is 0 Å². The average molecular weight is 273 g/mol. The predicted octanol–water partition coefficient (Wildman–Crippen LogP) is 1.90. The van der Waals surface area contributed by atoms with E-state index in [1.54, 1.807) is 0 Å². The van der Waals surface area contributed by atoms with Crippen molar-refractivity contribution in [1.29, 1.82) is 0 Å². The van der Waals surface area contributed by atoms with Crippen LogP contribution in [0.4, 0.5) is 0 Å². The summed E-state index contributed by atoms with van der Waals surface area (Å²) in [5.41, 5.74) is 3.06. The number of likely N-dealkylation sites (N-methyl/N-ethyl adjacent to an activating group) is 2. The van der Waals surface area contributed by atoms with Crippen LogP contribution in [0.5, 0.6) is 0 Å². The van der Waals surface area contributed by atoms with Crippen LogP contribution in [0.1, 0.15) is 31.0 Å². The lowest BCUT2D eigenvalue weighted by Gasteiger charge is -2.42. The third kappa shape index (κ3) is 2.50. The molecule has 2 aliphatic rings. The van der Waals surface area contributed by atoms with E-state index in [0.717, 1.165) is 6.54 Å². The van der Waals surface area contributed by atoms with Crippen molar-refractivity contribution in [2.75, 3.05) is 33.2 Å². The molecule has 0 radical (unpaired) electrons. The smallest absolute Gasteiger partial charge is 0.0484 e. The van der Waals surface area contributed by atoms with Gasteiger partial charge in [0, 0.05) is 37.8 Å². The van der Waals surface area contributed by atoms with Gasteiger partial charge in [-0.05, 0) is 38.1 Å². The molecule has 3 rings (SSSR count). The largest absolute Gasteiger partial charge is 0.309 e. The maximum absolute atomic E-state index is 3.72. The van der Waals surface area contributed by atoms with E-state index < -0.39 is 0 Å². The number of rotatable bonds is 3. The summed E-state index contributed by atoms with van der Waals surface area (Å²) < 4.78 is 0. The van der Waals surface area contributed by atoms with E-state index in [1.807, 2.05) is 0 Å². The van der Waals surface area contributed by atoms with E-state index in [1.165, 1.54) is 37.2 Å². The number of fused-ring (bicyclic) bond motifs is 1. The Labute approximate surface area is 123 Å². The lowest BCUT2D eigenvalue weighted by Crippen LogP contribution is -2.55. The lowest BCUT2D eigenvalue weighted by molar-refractivity contribution is 0.0616. The molecule has 20 heavy (non-hydrogen) atoms. The SMILES string of the molecule is CCNC1c2ccccc2CC1N1CCN(C)C(C)C1. The first-order valence-corrected chi connectivity index (χ1v) is 7.96. The molecule has 110 valence electrons. The van der Waals surface area contributed by atoms with Crippen LogP contribution in [0.15, 0.2) is 24.3 Å². The minimum atomic E-state index is 0.506. The molecule has 3 unspecified atom stereocenters. The van der Waals surface area contributed by atoms with Gasteiger partial charge in [-0.2, -0.15) is 0 Å². The molecular weight excluding hydrogens is 246 g/mol. The van der Waals surface area contributed by atoms with Gasteiger partial charge in [0.2, 0.25) is 0 Å². The summed E-state index contributed by atoms with van der Waals surface area (Å²) in [6.45, 7) is 9.17. The first-order chi connectivity index (χ1) is 9.70. The fourth-order valence-corrected chi connectivity index (χ4v) is 3.76. The molecule has 0 amide bonds. The van der Waals surface area contributed by atoms with Crippen LogP contribution in [0, 0.1) is 0 Å². The van der Waals surface area contributed by atoms with Gasteiger partial charge in [0.25, 0.3) is 0 Å². The van der Waals surface area contributed by atoms with Gasteiger partial charge in [-0.25, -0.2) is 0 Å². The third-order valence-electron chi connectivity index (χ3n) is 5.09. The Bertz CT molecular complexity index is 459. The Morgan fingerprint density at radius 2 is 2.05 bits per heavy atom. The van der Waals surface area contributed by atoms with Gasteiger partial charge in [-0.15, -0.1) is 0 Å². The molecule has 0 aromatic heterocycles. The fourth-order valence-electron chi connectivity index (χ4n) is 3.76. The number of piperazine rings is 1. The van der Waals surface area contributed by atoms with E-state index in [-0.39, 0.29) is 0 Å². The van der Waals surface area contributed by atoms with E-state index >= 15 is 0 Å². The zero-order valence-corrected chi connectivity index (χ0v) is 13.0. The number of benzene rings is 1. The molecule has 1 N–H and O–H groups in total. The van der Waals surface area contributed by atoms with E-state index in [9.17, 15) is 0 Å². The Balaban J connectivity index is 1.80. The van der Waals surface area contributed by atoms with E-state index in [4.69, 9.17) is 0 Å². The molecule has 1 heterocycles. The summed E-state index contributed by atoms with van der Waals surface area (Å²) in [5.74, 6) is 0. The molecule has 1 aromatic carbocycles. The van der Waals surface area contributed by atoms with Crippen molar-refractivity contribution in [1.82, 2.24) is 15.1 Å². The van der Waals surface area contributed by atoms with Crippen molar-refractivity contribution in [3.05, 3.63) is 35.4 Å². The normalized spacial score (nSPS) is 31.4. The molecule has 1 aromatic rings. The summed E-state index contributed by atoms with van der Waals surface area (Å²) in [6.07, 6.45) is 1.20. The molecule has 0 spiro atoms. The summed E-state index contributed by atoms with van der Waals surface area (Å²) in [5, 5.41) is 3.72. The second kappa shape index (κ2) is 5.84. The zero-order chi connectivity index (χ0) is 14.1. The highest BCUT2D eigenvalue weighted by molar-refractivity contribution is 5.37. The van der Waals surface area contributed by atoms with Crippen molar-refractivity contribution in [2.45, 2.75) is 38.4 Å². The first kappa shape index (κ1) is 14.1. The molecule has 1 aliphatic carbocycles. The first-order valence-electron chi connectivity index (χ1n) is 7.96. The Morgan fingerprint density at radius 3 is 2.80 bits per heavy atom. The lowest BCUT2D eigenvalue weighted by atomic mass is 10.0. The third-order valence-corrected chi connectivity index (χ3v) is 5.09. The van der Waals surface area contributed by atoms with E-state index in [2.05, 4.69) is 60.3 Å². The number of hydrogen-bond donors (Lipinski definition) is 1. The molecular formula is C17H27N3. The Kier molecular flexibility index (Phi) is 4.11. The van der Waals surface area contributed by atoms with Gasteiger partial charge in [-0.1, -0.05) is 31.2 Å². The van der Waals surface area contributed by atoms with Crippen molar-refractivity contribution in [3.63, 3.8) is 0 Å². The minimum absolute atomic E-state index is 0.506. The summed E-state index contributed by atoms with van der Waals surface area (Å²) >= 11 is 0. The number of nitrogens with zero attached hydrogens (tertiary/aromatic N) is 2. The highest BCUT2D eigenvalue weighted by atomic mass is 15.3. The van der Waals surface area contributed by atoms with Crippen LogP contribution in [-0.4, -0.2) is 55.1 Å². The molecule has 1 fully saturated rings. The van der Waals surface area contributed by atoms with Crippen LogP contribution in [-0.2, 0) is 6.42 Å². The molecule has 3 nitrogen and oxygen atoms in total. The van der Waals surface area contributed by atoms with Crippen LogP contribution in [0.3, 0.4) is 0 Å². The van der Waals surface area contributed by atoms with Crippen LogP contribution in [0.2, 0.25) is 0 Å². The molecule has 3 heteroatoms. The topological polar surface area (TPSA) is 18.5 Å². The minimum Gasteiger partial charge on any atom is -0.309 e. The number of nitrogens with one attached hydrogen (secondary N) is 1. The van der Waals surface area contributed by atoms with Crippen molar-refractivity contribution in [3.8, 4) is 0 Å². The fraction of sp³-hybridized carbons (Fsp3) is 0.647. The van der Waals surface area contributed by atoms with Gasteiger partial charge in [0.1, 0.15) is 0 Å². The maximum Gasteiger partial charge on any atom is 0.0484 e. The van der Waals surface area contributed by atoms with Gasteiger partial charge in [0.05, 0.1) is 0 Å². The molecule has 3 atom stereocenters. The van der Waals surface area contributed by atoms with Gasteiger partial charge in [-0.3, -0.25) is 4.90 Å². The van der Waals surface area contributed by atoms with E-state index in [0.29, 0.717) is 18.1 Å².